The number of rotatable bonds is 2. The second kappa shape index (κ2) is 4.22. The van der Waals surface area contributed by atoms with Crippen molar-refractivity contribution < 1.29 is 0 Å². The van der Waals surface area contributed by atoms with Crippen LogP contribution in [-0.2, 0) is 6.42 Å². The molecule has 3 rings (SSSR count). The van der Waals surface area contributed by atoms with Gasteiger partial charge in [-0.2, -0.15) is 0 Å². The summed E-state index contributed by atoms with van der Waals surface area (Å²) in [6, 6.07) is 7.75. The number of nitrogens with zero attached hydrogens (tertiary/aromatic N) is 3. The zero-order chi connectivity index (χ0) is 11.8. The van der Waals surface area contributed by atoms with E-state index in [9.17, 15) is 4.79 Å². The Labute approximate surface area is 108 Å². The van der Waals surface area contributed by atoms with Crippen LogP contribution in [0, 0.1) is 0 Å². The molecule has 2 aromatic heterocycles. The molecular formula is C11H9N3OSSe. The van der Waals surface area contributed by atoms with Crippen LogP contribution in [0.2, 0.25) is 0 Å². The number of fused-ring (bicyclic) bond motifs is 1. The molecule has 0 aliphatic rings. The van der Waals surface area contributed by atoms with Crippen LogP contribution in [0.4, 0.5) is 0 Å². The zero-order valence-electron chi connectivity index (χ0n) is 9.08. The molecule has 2 heterocycles. The molecule has 0 spiro atoms. The van der Waals surface area contributed by atoms with Crippen molar-refractivity contribution in [2.24, 2.45) is 0 Å². The van der Waals surface area contributed by atoms with Crippen molar-refractivity contribution in [2.45, 2.75) is 13.3 Å². The van der Waals surface area contributed by atoms with Crippen LogP contribution in [0.15, 0.2) is 29.1 Å². The molecule has 0 radical (unpaired) electrons. The first kappa shape index (κ1) is 10.9. The van der Waals surface area contributed by atoms with Crippen LogP contribution in [0.3, 0.4) is 0 Å². The van der Waals surface area contributed by atoms with Crippen molar-refractivity contribution >= 4 is 35.7 Å². The summed E-state index contributed by atoms with van der Waals surface area (Å²) in [7, 11) is 0. The molecule has 0 bridgehead atoms. The van der Waals surface area contributed by atoms with Gasteiger partial charge < -0.3 is 0 Å². The molecule has 0 saturated heterocycles. The molecule has 0 unspecified atom stereocenters. The van der Waals surface area contributed by atoms with Gasteiger partial charge >= 0.3 is 108 Å². The molecule has 17 heavy (non-hydrogen) atoms. The Bertz CT molecular complexity index is 727. The predicted molar refractivity (Wildman–Crippen MR) is 69.3 cm³/mol. The van der Waals surface area contributed by atoms with Gasteiger partial charge in [0.25, 0.3) is 0 Å². The Balaban J connectivity index is 2.23. The number of aryl methyl sites for hydroxylation is 1. The van der Waals surface area contributed by atoms with Gasteiger partial charge in [-0.05, 0) is 0 Å². The normalized spacial score (nSPS) is 11.1. The molecule has 0 N–H and O–H groups in total. The van der Waals surface area contributed by atoms with Crippen LogP contribution in [0.25, 0.3) is 14.8 Å². The van der Waals surface area contributed by atoms with Gasteiger partial charge in [0.15, 0.2) is 0 Å². The van der Waals surface area contributed by atoms with Gasteiger partial charge in [-0.15, -0.1) is 0 Å². The summed E-state index contributed by atoms with van der Waals surface area (Å²) >= 11 is 1.50. The number of hydrogen-bond acceptors (Lipinski definition) is 4. The minimum absolute atomic E-state index is 0.00176. The Morgan fingerprint density at radius 2 is 2.18 bits per heavy atom. The van der Waals surface area contributed by atoms with E-state index in [1.54, 1.807) is 3.56 Å². The van der Waals surface area contributed by atoms with Crippen LogP contribution < -0.4 is 5.56 Å². The van der Waals surface area contributed by atoms with Crippen molar-refractivity contribution in [1.29, 1.82) is 0 Å². The summed E-state index contributed by atoms with van der Waals surface area (Å²) in [5, 5.41) is 10.7. The van der Waals surface area contributed by atoms with Crippen molar-refractivity contribution in [3.05, 3.63) is 39.6 Å². The van der Waals surface area contributed by atoms with Gasteiger partial charge in [0.1, 0.15) is 0 Å². The fourth-order valence-electron chi connectivity index (χ4n) is 1.57. The summed E-state index contributed by atoms with van der Waals surface area (Å²) in [4.78, 5) is 12.2. The topological polar surface area (TPSA) is 47.8 Å². The molecule has 86 valence electrons. The second-order valence-electron chi connectivity index (χ2n) is 3.52. The molecular weight excluding hydrogens is 301 g/mol. The average Bonchev–Trinajstić information content (AvgIpc) is 2.95. The monoisotopic (exact) mass is 311 g/mol. The third-order valence-electron chi connectivity index (χ3n) is 2.42. The van der Waals surface area contributed by atoms with Crippen LogP contribution in [0.1, 0.15) is 11.9 Å². The fourth-order valence-corrected chi connectivity index (χ4v) is 4.54. The maximum atomic E-state index is 12.2. The van der Waals surface area contributed by atoms with Gasteiger partial charge in [0, 0.05) is 0 Å². The van der Waals surface area contributed by atoms with E-state index in [0.29, 0.717) is 0 Å². The van der Waals surface area contributed by atoms with E-state index in [1.807, 2.05) is 31.2 Å². The van der Waals surface area contributed by atoms with E-state index in [4.69, 9.17) is 0 Å². The van der Waals surface area contributed by atoms with Crippen molar-refractivity contribution in [1.82, 2.24) is 13.8 Å². The fraction of sp³-hybridized carbons (Fsp3) is 0.182. The maximum absolute atomic E-state index is 12.2. The molecule has 0 fully saturated rings. The van der Waals surface area contributed by atoms with E-state index in [1.165, 1.54) is 11.3 Å². The molecule has 0 aliphatic heterocycles. The van der Waals surface area contributed by atoms with Crippen molar-refractivity contribution in [3.63, 3.8) is 0 Å². The minimum atomic E-state index is -0.00176. The standard InChI is InChI=1S/C11H9N3OSSe/c1-2-9-12-13-11(16-9)14-10(15)7-5-3-4-6-8(7)17-14/h3-6H,2H2,1H3. The van der Waals surface area contributed by atoms with Crippen molar-refractivity contribution in [3.8, 4) is 5.13 Å². The predicted octanol–water partition coefficient (Wildman–Crippen LogP) is 1.46. The van der Waals surface area contributed by atoms with Gasteiger partial charge in [0.05, 0.1) is 0 Å². The third-order valence-corrected chi connectivity index (χ3v) is 5.99. The summed E-state index contributed by atoms with van der Waals surface area (Å²) in [5.74, 6) is 0. The molecule has 0 atom stereocenters. The SMILES string of the molecule is CCc1nnc(-n2[se]c3ccccc3c2=O)s1. The van der Waals surface area contributed by atoms with Crippen LogP contribution in [0.5, 0.6) is 0 Å². The first-order valence-corrected chi connectivity index (χ1v) is 7.67. The first-order valence-electron chi connectivity index (χ1n) is 5.23. The van der Waals surface area contributed by atoms with Gasteiger partial charge in [0.2, 0.25) is 0 Å². The third kappa shape index (κ3) is 1.78. The van der Waals surface area contributed by atoms with Gasteiger partial charge in [-0.1, -0.05) is 0 Å². The Morgan fingerprint density at radius 1 is 1.35 bits per heavy atom. The molecule has 4 nitrogen and oxygen atoms in total. The molecule has 0 amide bonds. The Hall–Kier alpha value is -1.23. The molecule has 0 aliphatic carbocycles. The van der Waals surface area contributed by atoms with E-state index >= 15 is 0 Å². The van der Waals surface area contributed by atoms with Gasteiger partial charge in [-0.25, -0.2) is 0 Å². The van der Waals surface area contributed by atoms with Gasteiger partial charge in [-0.3, -0.25) is 0 Å². The Morgan fingerprint density at radius 3 is 2.88 bits per heavy atom. The summed E-state index contributed by atoms with van der Waals surface area (Å²) in [6.45, 7) is 2.04. The summed E-state index contributed by atoms with van der Waals surface area (Å²) < 4.78 is 2.88. The number of benzene rings is 1. The van der Waals surface area contributed by atoms with E-state index in [-0.39, 0.29) is 20.3 Å². The quantitative estimate of drug-likeness (QED) is 0.673. The summed E-state index contributed by atoms with van der Waals surface area (Å²) in [6.07, 6.45) is 0.861. The average molecular weight is 310 g/mol. The van der Waals surface area contributed by atoms with E-state index in [0.717, 1.165) is 26.2 Å². The summed E-state index contributed by atoms with van der Waals surface area (Å²) in [5.41, 5.74) is 0.0550. The van der Waals surface area contributed by atoms with Crippen LogP contribution in [-0.4, -0.2) is 28.5 Å². The Kier molecular flexibility index (Phi) is 2.70. The van der Waals surface area contributed by atoms with E-state index in [2.05, 4.69) is 10.2 Å². The molecule has 0 saturated carbocycles. The van der Waals surface area contributed by atoms with Crippen molar-refractivity contribution in [2.75, 3.05) is 0 Å². The molecule has 6 heteroatoms. The second-order valence-corrected chi connectivity index (χ2v) is 6.63. The zero-order valence-corrected chi connectivity index (χ0v) is 11.6. The van der Waals surface area contributed by atoms with E-state index < -0.39 is 0 Å². The number of aromatic nitrogens is 3. The molecule has 3 aromatic rings. The first-order chi connectivity index (χ1) is 8.29. The van der Waals surface area contributed by atoms with Crippen LogP contribution >= 0.6 is 11.3 Å². The molecule has 1 aromatic carbocycles. The number of hydrogen-bond donors (Lipinski definition) is 0.